The largest absolute Gasteiger partial charge is 0.497 e. The molecule has 0 aliphatic carbocycles. The van der Waals surface area contributed by atoms with Gasteiger partial charge in [0.2, 0.25) is 0 Å². The van der Waals surface area contributed by atoms with Crippen LogP contribution in [0.1, 0.15) is 38.8 Å². The van der Waals surface area contributed by atoms with Crippen molar-refractivity contribution in [1.82, 2.24) is 5.32 Å². The van der Waals surface area contributed by atoms with E-state index in [-0.39, 0.29) is 0 Å². The van der Waals surface area contributed by atoms with Gasteiger partial charge in [-0.25, -0.2) is 0 Å². The van der Waals surface area contributed by atoms with Crippen LogP contribution in [0.4, 0.5) is 0 Å². The van der Waals surface area contributed by atoms with Gasteiger partial charge in [0, 0.05) is 17.4 Å². The van der Waals surface area contributed by atoms with Crippen molar-refractivity contribution >= 4 is 11.8 Å². The van der Waals surface area contributed by atoms with Crippen LogP contribution in [0.25, 0.3) is 0 Å². The summed E-state index contributed by atoms with van der Waals surface area (Å²) in [6, 6.07) is 6.31. The third kappa shape index (κ3) is 6.18. The first-order valence-electron chi connectivity index (χ1n) is 7.65. The average molecular weight is 311 g/mol. The predicted molar refractivity (Wildman–Crippen MR) is 92.7 cm³/mol. The first kappa shape index (κ1) is 18.2. The lowest BCUT2D eigenvalue weighted by Gasteiger charge is -2.22. The van der Waals surface area contributed by atoms with Gasteiger partial charge in [-0.1, -0.05) is 20.8 Å². The molecule has 0 radical (unpaired) electrons. The Bertz CT molecular complexity index is 410. The highest BCUT2D eigenvalue weighted by Crippen LogP contribution is 2.31. The second-order valence-corrected chi connectivity index (χ2v) is 6.62. The Morgan fingerprint density at radius 2 is 1.90 bits per heavy atom. The van der Waals surface area contributed by atoms with Crippen LogP contribution < -0.4 is 14.8 Å². The number of thioether (sulfide) groups is 1. The van der Waals surface area contributed by atoms with Gasteiger partial charge in [-0.2, -0.15) is 11.8 Å². The van der Waals surface area contributed by atoms with Gasteiger partial charge < -0.3 is 14.8 Å². The SMILES string of the molecule is CCCNC(CSCC(C)C)c1cc(OC)ccc1OC. The van der Waals surface area contributed by atoms with Gasteiger partial charge >= 0.3 is 0 Å². The van der Waals surface area contributed by atoms with E-state index in [2.05, 4.69) is 32.2 Å². The van der Waals surface area contributed by atoms with Gasteiger partial charge in [-0.05, 0) is 42.8 Å². The molecule has 1 aromatic rings. The van der Waals surface area contributed by atoms with Crippen molar-refractivity contribution in [3.05, 3.63) is 23.8 Å². The maximum Gasteiger partial charge on any atom is 0.123 e. The van der Waals surface area contributed by atoms with Crippen LogP contribution in [-0.2, 0) is 0 Å². The van der Waals surface area contributed by atoms with E-state index in [4.69, 9.17) is 9.47 Å². The zero-order valence-corrected chi connectivity index (χ0v) is 14.8. The Kier molecular flexibility index (Phi) is 8.62. The highest BCUT2D eigenvalue weighted by atomic mass is 32.2. The maximum atomic E-state index is 5.53. The van der Waals surface area contributed by atoms with Gasteiger partial charge in [0.05, 0.1) is 14.2 Å². The lowest BCUT2D eigenvalue weighted by molar-refractivity contribution is 0.392. The van der Waals surface area contributed by atoms with Gasteiger partial charge in [-0.15, -0.1) is 0 Å². The molecular weight excluding hydrogens is 282 g/mol. The molecule has 0 saturated heterocycles. The second-order valence-electron chi connectivity index (χ2n) is 5.55. The second kappa shape index (κ2) is 9.96. The van der Waals surface area contributed by atoms with Crippen LogP contribution in [0, 0.1) is 5.92 Å². The highest BCUT2D eigenvalue weighted by Gasteiger charge is 2.17. The molecule has 1 aromatic carbocycles. The fourth-order valence-electron chi connectivity index (χ4n) is 2.11. The number of hydrogen-bond acceptors (Lipinski definition) is 4. The molecule has 0 amide bonds. The van der Waals surface area contributed by atoms with Gasteiger partial charge in [-0.3, -0.25) is 0 Å². The monoisotopic (exact) mass is 311 g/mol. The Morgan fingerprint density at radius 3 is 2.48 bits per heavy atom. The molecule has 0 spiro atoms. The highest BCUT2D eigenvalue weighted by molar-refractivity contribution is 7.99. The molecule has 120 valence electrons. The van der Waals surface area contributed by atoms with E-state index < -0.39 is 0 Å². The number of hydrogen-bond donors (Lipinski definition) is 1. The fraction of sp³-hybridized carbons (Fsp3) is 0.647. The summed E-state index contributed by atoms with van der Waals surface area (Å²) in [5.41, 5.74) is 1.18. The third-order valence-electron chi connectivity index (χ3n) is 3.19. The van der Waals surface area contributed by atoms with Crippen LogP contribution in [-0.4, -0.2) is 32.3 Å². The van der Waals surface area contributed by atoms with Crippen molar-refractivity contribution in [2.45, 2.75) is 33.2 Å². The molecule has 21 heavy (non-hydrogen) atoms. The molecule has 3 nitrogen and oxygen atoms in total. The summed E-state index contributed by atoms with van der Waals surface area (Å²) in [6.07, 6.45) is 1.12. The number of nitrogens with one attached hydrogen (secondary N) is 1. The summed E-state index contributed by atoms with van der Waals surface area (Å²) < 4.78 is 10.9. The first-order valence-corrected chi connectivity index (χ1v) is 8.80. The van der Waals surface area contributed by atoms with Crippen LogP contribution in [0.5, 0.6) is 11.5 Å². The average Bonchev–Trinajstić information content (AvgIpc) is 2.49. The minimum atomic E-state index is 0.291. The standard InChI is InChI=1S/C17H29NO2S/c1-6-9-18-16(12-21-11-13(2)3)15-10-14(19-4)7-8-17(15)20-5/h7-8,10,13,16,18H,6,9,11-12H2,1-5H3. The molecule has 1 rings (SSSR count). The smallest absolute Gasteiger partial charge is 0.123 e. The summed E-state index contributed by atoms with van der Waals surface area (Å²) >= 11 is 1.99. The Labute approximate surface area is 133 Å². The van der Waals surface area contributed by atoms with Crippen LogP contribution in [0.3, 0.4) is 0 Å². The van der Waals surface area contributed by atoms with Gasteiger partial charge in [0.25, 0.3) is 0 Å². The van der Waals surface area contributed by atoms with E-state index >= 15 is 0 Å². The molecule has 0 aliphatic rings. The summed E-state index contributed by atoms with van der Waals surface area (Å²) in [5.74, 6) is 4.74. The third-order valence-corrected chi connectivity index (χ3v) is 4.66. The normalized spacial score (nSPS) is 12.5. The van der Waals surface area contributed by atoms with Gasteiger partial charge in [0.1, 0.15) is 11.5 Å². The van der Waals surface area contributed by atoms with Crippen molar-refractivity contribution < 1.29 is 9.47 Å². The van der Waals surface area contributed by atoms with E-state index in [1.165, 1.54) is 11.3 Å². The Balaban J connectivity index is 2.88. The van der Waals surface area contributed by atoms with E-state index in [1.54, 1.807) is 14.2 Å². The quantitative estimate of drug-likeness (QED) is 0.703. The predicted octanol–water partition coefficient (Wildman–Crippen LogP) is 4.13. The Morgan fingerprint density at radius 1 is 1.14 bits per heavy atom. The van der Waals surface area contributed by atoms with Crippen molar-refractivity contribution in [1.29, 1.82) is 0 Å². The maximum absolute atomic E-state index is 5.53. The molecule has 0 aliphatic heterocycles. The molecule has 1 N–H and O–H groups in total. The van der Waals surface area contributed by atoms with Crippen LogP contribution in [0.2, 0.25) is 0 Å². The zero-order chi connectivity index (χ0) is 15.7. The topological polar surface area (TPSA) is 30.5 Å². The number of methoxy groups -OCH3 is 2. The van der Waals surface area contributed by atoms with Gasteiger partial charge in [0.15, 0.2) is 0 Å². The minimum absolute atomic E-state index is 0.291. The summed E-state index contributed by atoms with van der Waals surface area (Å²) in [7, 11) is 3.43. The summed E-state index contributed by atoms with van der Waals surface area (Å²) in [6.45, 7) is 7.71. The number of ether oxygens (including phenoxy) is 2. The van der Waals surface area contributed by atoms with Crippen molar-refractivity contribution in [3.8, 4) is 11.5 Å². The fourth-order valence-corrected chi connectivity index (χ4v) is 3.25. The number of rotatable bonds is 10. The first-order chi connectivity index (χ1) is 10.1. The van der Waals surface area contributed by atoms with Crippen LogP contribution >= 0.6 is 11.8 Å². The molecule has 4 heteroatoms. The molecule has 0 heterocycles. The summed E-state index contributed by atoms with van der Waals surface area (Å²) in [5, 5.41) is 3.63. The molecule has 0 fully saturated rings. The lowest BCUT2D eigenvalue weighted by Crippen LogP contribution is -2.25. The molecule has 0 bridgehead atoms. The minimum Gasteiger partial charge on any atom is -0.497 e. The number of benzene rings is 1. The zero-order valence-electron chi connectivity index (χ0n) is 13.9. The van der Waals surface area contributed by atoms with E-state index in [9.17, 15) is 0 Å². The van der Waals surface area contributed by atoms with E-state index in [0.29, 0.717) is 12.0 Å². The lowest BCUT2D eigenvalue weighted by atomic mass is 10.1. The molecule has 1 atom stereocenters. The van der Waals surface area contributed by atoms with Crippen molar-refractivity contribution in [3.63, 3.8) is 0 Å². The van der Waals surface area contributed by atoms with Crippen LogP contribution in [0.15, 0.2) is 18.2 Å². The molecule has 1 unspecified atom stereocenters. The van der Waals surface area contributed by atoms with E-state index in [1.807, 2.05) is 23.9 Å². The molecular formula is C17H29NO2S. The Hall–Kier alpha value is -0.870. The van der Waals surface area contributed by atoms with Crippen molar-refractivity contribution in [2.24, 2.45) is 5.92 Å². The molecule has 0 aromatic heterocycles. The van der Waals surface area contributed by atoms with Crippen molar-refractivity contribution in [2.75, 3.05) is 32.3 Å². The summed E-state index contributed by atoms with van der Waals surface area (Å²) in [4.78, 5) is 0. The van der Waals surface area contributed by atoms with E-state index in [0.717, 1.165) is 30.2 Å². The molecule has 0 saturated carbocycles.